The Hall–Kier alpha value is -1.00. The number of thioether (sulfide) groups is 1. The topological polar surface area (TPSA) is 26.0 Å². The van der Waals surface area contributed by atoms with Crippen molar-refractivity contribution < 1.29 is 4.39 Å². The maximum absolute atomic E-state index is 13.3. The van der Waals surface area contributed by atoms with Gasteiger partial charge in [0.05, 0.1) is 4.47 Å². The first kappa shape index (κ1) is 14.4. The first-order chi connectivity index (χ1) is 8.95. The number of anilines is 1. The van der Waals surface area contributed by atoms with Crippen molar-refractivity contribution in [3.05, 3.63) is 57.3 Å². The predicted octanol–water partition coefficient (Wildman–Crippen LogP) is 5.08. The van der Waals surface area contributed by atoms with E-state index in [1.165, 1.54) is 22.8 Å². The van der Waals surface area contributed by atoms with Gasteiger partial charge in [-0.15, -0.1) is 11.8 Å². The number of hydrogen-bond acceptors (Lipinski definition) is 2. The lowest BCUT2D eigenvalue weighted by Gasteiger charge is -2.08. The Morgan fingerprint density at radius 2 is 1.74 bits per heavy atom. The molecule has 0 saturated carbocycles. The summed E-state index contributed by atoms with van der Waals surface area (Å²) in [4.78, 5) is 0.896. The number of halogens is 2. The average molecular weight is 340 g/mol. The summed E-state index contributed by atoms with van der Waals surface area (Å²) in [6, 6.07) is 9.56. The van der Waals surface area contributed by atoms with Gasteiger partial charge in [0, 0.05) is 16.3 Å². The van der Waals surface area contributed by atoms with Crippen LogP contribution in [0.15, 0.2) is 39.7 Å². The van der Waals surface area contributed by atoms with Crippen LogP contribution in [-0.4, -0.2) is 0 Å². The number of aryl methyl sites for hydroxylation is 2. The van der Waals surface area contributed by atoms with Gasteiger partial charge >= 0.3 is 0 Å². The molecule has 100 valence electrons. The summed E-state index contributed by atoms with van der Waals surface area (Å²) in [6.07, 6.45) is 0. The maximum atomic E-state index is 13.3. The van der Waals surface area contributed by atoms with Crippen molar-refractivity contribution in [2.24, 2.45) is 0 Å². The Bertz CT molecular complexity index is 593. The second-order valence-electron chi connectivity index (χ2n) is 4.59. The minimum Gasteiger partial charge on any atom is -0.398 e. The van der Waals surface area contributed by atoms with Crippen molar-refractivity contribution in [3.8, 4) is 0 Å². The molecular formula is C15H15BrFNS. The van der Waals surface area contributed by atoms with E-state index in [0.29, 0.717) is 10.2 Å². The van der Waals surface area contributed by atoms with E-state index < -0.39 is 0 Å². The molecule has 2 aromatic carbocycles. The summed E-state index contributed by atoms with van der Waals surface area (Å²) in [7, 11) is 0. The van der Waals surface area contributed by atoms with E-state index in [1.807, 2.05) is 0 Å². The Kier molecular flexibility index (Phi) is 4.53. The molecule has 0 aliphatic carbocycles. The molecule has 0 saturated heterocycles. The lowest BCUT2D eigenvalue weighted by atomic mass is 10.1. The molecule has 2 aromatic rings. The van der Waals surface area contributed by atoms with E-state index in [0.717, 1.165) is 10.6 Å². The van der Waals surface area contributed by atoms with Crippen molar-refractivity contribution in [3.63, 3.8) is 0 Å². The zero-order valence-electron chi connectivity index (χ0n) is 10.8. The molecule has 0 atom stereocenters. The first-order valence-corrected chi connectivity index (χ1v) is 7.68. The molecule has 0 spiro atoms. The molecule has 0 aliphatic heterocycles. The normalized spacial score (nSPS) is 10.7. The zero-order chi connectivity index (χ0) is 14.0. The lowest BCUT2D eigenvalue weighted by Crippen LogP contribution is -1.92. The molecule has 0 aromatic heterocycles. The van der Waals surface area contributed by atoms with Gasteiger partial charge in [0.25, 0.3) is 0 Å². The van der Waals surface area contributed by atoms with Gasteiger partial charge in [-0.25, -0.2) is 4.39 Å². The van der Waals surface area contributed by atoms with Gasteiger partial charge < -0.3 is 5.73 Å². The third kappa shape index (κ3) is 3.74. The summed E-state index contributed by atoms with van der Waals surface area (Å²) in [6.45, 7) is 4.17. The van der Waals surface area contributed by atoms with Gasteiger partial charge in [-0.2, -0.15) is 0 Å². The molecular weight excluding hydrogens is 325 g/mol. The zero-order valence-corrected chi connectivity index (χ0v) is 13.2. The summed E-state index contributed by atoms with van der Waals surface area (Å²) >= 11 is 4.80. The van der Waals surface area contributed by atoms with Crippen LogP contribution in [0.5, 0.6) is 0 Å². The van der Waals surface area contributed by atoms with Crippen LogP contribution in [0.25, 0.3) is 0 Å². The fraction of sp³-hybridized carbons (Fsp3) is 0.200. The largest absolute Gasteiger partial charge is 0.398 e. The molecule has 0 aliphatic rings. The van der Waals surface area contributed by atoms with Crippen LogP contribution in [0, 0.1) is 19.7 Å². The van der Waals surface area contributed by atoms with E-state index in [-0.39, 0.29) is 5.82 Å². The Morgan fingerprint density at radius 1 is 1.11 bits per heavy atom. The van der Waals surface area contributed by atoms with Crippen LogP contribution < -0.4 is 5.73 Å². The minimum atomic E-state index is -0.326. The predicted molar refractivity (Wildman–Crippen MR) is 84.0 cm³/mol. The van der Waals surface area contributed by atoms with Crippen LogP contribution >= 0.6 is 27.7 Å². The third-order valence-electron chi connectivity index (χ3n) is 2.73. The fourth-order valence-corrected chi connectivity index (χ4v) is 3.39. The van der Waals surface area contributed by atoms with E-state index in [1.54, 1.807) is 17.8 Å². The van der Waals surface area contributed by atoms with Gasteiger partial charge in [0.1, 0.15) is 5.82 Å². The monoisotopic (exact) mass is 339 g/mol. The Morgan fingerprint density at radius 3 is 2.37 bits per heavy atom. The van der Waals surface area contributed by atoms with Crippen molar-refractivity contribution in [1.29, 1.82) is 0 Å². The van der Waals surface area contributed by atoms with Gasteiger partial charge in [-0.05, 0) is 47.5 Å². The van der Waals surface area contributed by atoms with Crippen molar-refractivity contribution in [2.75, 3.05) is 5.73 Å². The van der Waals surface area contributed by atoms with Gasteiger partial charge in [-0.3, -0.25) is 0 Å². The van der Waals surface area contributed by atoms with E-state index in [2.05, 4.69) is 48.0 Å². The number of rotatable bonds is 3. The van der Waals surface area contributed by atoms with Gasteiger partial charge in [0.2, 0.25) is 0 Å². The maximum Gasteiger partial charge on any atom is 0.139 e. The molecule has 0 radical (unpaired) electrons. The standard InChI is InChI=1S/C15H15BrFNS/c1-9-3-10(2)5-11(4-9)8-19-15-6-12(16)13(17)7-14(15)18/h3-7H,8,18H2,1-2H3. The van der Waals surface area contributed by atoms with E-state index in [4.69, 9.17) is 5.73 Å². The molecule has 0 amide bonds. The smallest absolute Gasteiger partial charge is 0.139 e. The number of nitrogen functional groups attached to an aromatic ring is 1. The molecule has 2 rings (SSSR count). The van der Waals surface area contributed by atoms with Crippen molar-refractivity contribution >= 4 is 33.4 Å². The quantitative estimate of drug-likeness (QED) is 0.623. The molecule has 1 nitrogen and oxygen atoms in total. The van der Waals surface area contributed by atoms with Crippen molar-refractivity contribution in [2.45, 2.75) is 24.5 Å². The SMILES string of the molecule is Cc1cc(C)cc(CSc2cc(Br)c(F)cc2N)c1. The molecule has 0 bridgehead atoms. The Balaban J connectivity index is 2.16. The van der Waals surface area contributed by atoms with Crippen LogP contribution in [0.3, 0.4) is 0 Å². The highest BCUT2D eigenvalue weighted by atomic mass is 79.9. The summed E-state index contributed by atoms with van der Waals surface area (Å²) in [5, 5.41) is 0. The third-order valence-corrected chi connectivity index (χ3v) is 4.48. The second-order valence-corrected chi connectivity index (χ2v) is 6.46. The number of nitrogens with two attached hydrogens (primary N) is 1. The summed E-state index contributed by atoms with van der Waals surface area (Å²) < 4.78 is 13.7. The van der Waals surface area contributed by atoms with E-state index in [9.17, 15) is 4.39 Å². The summed E-state index contributed by atoms with van der Waals surface area (Å²) in [5.41, 5.74) is 10.1. The molecule has 0 fully saturated rings. The molecule has 19 heavy (non-hydrogen) atoms. The summed E-state index contributed by atoms with van der Waals surface area (Å²) in [5.74, 6) is 0.499. The first-order valence-electron chi connectivity index (χ1n) is 5.90. The fourth-order valence-electron chi connectivity index (χ4n) is 1.98. The van der Waals surface area contributed by atoms with Crippen LogP contribution in [0.2, 0.25) is 0 Å². The highest BCUT2D eigenvalue weighted by Gasteiger charge is 2.07. The molecule has 0 heterocycles. The Labute approximate surface area is 125 Å². The molecule has 2 N–H and O–H groups in total. The lowest BCUT2D eigenvalue weighted by molar-refractivity contribution is 0.620. The molecule has 0 unspecified atom stereocenters. The minimum absolute atomic E-state index is 0.326. The highest BCUT2D eigenvalue weighted by molar-refractivity contribution is 9.10. The van der Waals surface area contributed by atoms with Crippen molar-refractivity contribution in [1.82, 2.24) is 0 Å². The number of hydrogen-bond donors (Lipinski definition) is 1. The molecule has 4 heteroatoms. The van der Waals surface area contributed by atoms with Gasteiger partial charge in [0.15, 0.2) is 0 Å². The van der Waals surface area contributed by atoms with Gasteiger partial charge in [-0.1, -0.05) is 29.3 Å². The van der Waals surface area contributed by atoms with Crippen LogP contribution in [-0.2, 0) is 5.75 Å². The number of benzene rings is 2. The van der Waals surface area contributed by atoms with E-state index >= 15 is 0 Å². The highest BCUT2D eigenvalue weighted by Crippen LogP contribution is 2.32. The van der Waals surface area contributed by atoms with Crippen LogP contribution in [0.4, 0.5) is 10.1 Å². The second kappa shape index (κ2) is 5.97. The van der Waals surface area contributed by atoms with Crippen LogP contribution in [0.1, 0.15) is 16.7 Å². The average Bonchev–Trinajstić information content (AvgIpc) is 2.31.